The first kappa shape index (κ1) is 11.9. The van der Waals surface area contributed by atoms with Crippen LogP contribution in [-0.4, -0.2) is 18.1 Å². The van der Waals surface area contributed by atoms with E-state index in [4.69, 9.17) is 0 Å². The molecule has 3 N–H and O–H groups in total. The van der Waals surface area contributed by atoms with Crippen LogP contribution in [0, 0.1) is 0 Å². The molecule has 2 aromatic rings. The highest BCUT2D eigenvalue weighted by atomic mass is 16.2. The highest BCUT2D eigenvalue weighted by Gasteiger charge is 2.02. The number of benzene rings is 1. The van der Waals surface area contributed by atoms with Crippen LogP contribution >= 0.6 is 0 Å². The van der Waals surface area contributed by atoms with Gasteiger partial charge in [-0.05, 0) is 36.4 Å². The molecule has 5 nitrogen and oxygen atoms in total. The molecular weight excluding hydrogens is 228 g/mol. The molecule has 0 unspecified atom stereocenters. The maximum Gasteiger partial charge on any atom is 0.323 e. The molecule has 5 heteroatoms. The largest absolute Gasteiger partial charge is 0.388 e. The standard InChI is InChI=1S/C13H14N4O/c1-14-10-4-6-11(7-5-10)16-13(18)17-12-3-2-8-15-9-12/h2-9,14H,1H3,(H2,16,17,18). The lowest BCUT2D eigenvalue weighted by Crippen LogP contribution is -2.19. The van der Waals surface area contributed by atoms with Gasteiger partial charge in [0.05, 0.1) is 11.9 Å². The Morgan fingerprint density at radius 3 is 2.28 bits per heavy atom. The minimum absolute atomic E-state index is 0.291. The number of hydrogen-bond acceptors (Lipinski definition) is 3. The third-order valence-corrected chi connectivity index (χ3v) is 2.35. The first-order chi connectivity index (χ1) is 8.78. The molecule has 18 heavy (non-hydrogen) atoms. The third-order valence-electron chi connectivity index (χ3n) is 2.35. The zero-order valence-corrected chi connectivity index (χ0v) is 9.97. The van der Waals surface area contributed by atoms with Gasteiger partial charge in [-0.1, -0.05) is 0 Å². The van der Waals surface area contributed by atoms with Gasteiger partial charge < -0.3 is 16.0 Å². The summed E-state index contributed by atoms with van der Waals surface area (Å²) in [6.45, 7) is 0. The summed E-state index contributed by atoms with van der Waals surface area (Å²) < 4.78 is 0. The predicted octanol–water partition coefficient (Wildman–Crippen LogP) is 2.77. The molecule has 0 saturated carbocycles. The fourth-order valence-electron chi connectivity index (χ4n) is 1.45. The second-order valence-electron chi connectivity index (χ2n) is 3.65. The van der Waals surface area contributed by atoms with Crippen LogP contribution in [-0.2, 0) is 0 Å². The van der Waals surface area contributed by atoms with Crippen molar-refractivity contribution in [2.45, 2.75) is 0 Å². The predicted molar refractivity (Wildman–Crippen MR) is 72.9 cm³/mol. The Morgan fingerprint density at radius 2 is 1.67 bits per heavy atom. The maximum atomic E-state index is 11.7. The van der Waals surface area contributed by atoms with Crippen LogP contribution in [0.5, 0.6) is 0 Å². The number of amides is 2. The van der Waals surface area contributed by atoms with Crippen LogP contribution in [0.1, 0.15) is 0 Å². The second-order valence-corrected chi connectivity index (χ2v) is 3.65. The summed E-state index contributed by atoms with van der Waals surface area (Å²) >= 11 is 0. The van der Waals surface area contributed by atoms with Gasteiger partial charge >= 0.3 is 6.03 Å². The molecule has 92 valence electrons. The number of nitrogens with zero attached hydrogens (tertiary/aromatic N) is 1. The van der Waals surface area contributed by atoms with Crippen LogP contribution in [0.3, 0.4) is 0 Å². The van der Waals surface area contributed by atoms with Crippen molar-refractivity contribution in [1.82, 2.24) is 4.98 Å². The molecule has 0 radical (unpaired) electrons. The molecule has 2 amide bonds. The second kappa shape index (κ2) is 5.67. The number of anilines is 3. The molecule has 0 spiro atoms. The number of aromatic nitrogens is 1. The van der Waals surface area contributed by atoms with Crippen molar-refractivity contribution in [2.75, 3.05) is 23.0 Å². The Kier molecular flexibility index (Phi) is 3.76. The van der Waals surface area contributed by atoms with Crippen molar-refractivity contribution in [3.8, 4) is 0 Å². The number of rotatable bonds is 3. The Hall–Kier alpha value is -2.56. The molecule has 0 aliphatic carbocycles. The van der Waals surface area contributed by atoms with Gasteiger partial charge in [0.1, 0.15) is 0 Å². The molecule has 0 aliphatic heterocycles. The summed E-state index contributed by atoms with van der Waals surface area (Å²) in [4.78, 5) is 15.6. The van der Waals surface area contributed by atoms with E-state index in [9.17, 15) is 4.79 Å². The fourth-order valence-corrected chi connectivity index (χ4v) is 1.45. The van der Waals surface area contributed by atoms with Gasteiger partial charge in [-0.2, -0.15) is 0 Å². The van der Waals surface area contributed by atoms with Crippen molar-refractivity contribution in [2.24, 2.45) is 0 Å². The lowest BCUT2D eigenvalue weighted by Gasteiger charge is -2.07. The van der Waals surface area contributed by atoms with Crippen LogP contribution in [0.15, 0.2) is 48.8 Å². The van der Waals surface area contributed by atoms with Crippen LogP contribution in [0.2, 0.25) is 0 Å². The SMILES string of the molecule is CNc1ccc(NC(=O)Nc2cccnc2)cc1. The Morgan fingerprint density at radius 1 is 1.00 bits per heavy atom. The van der Waals surface area contributed by atoms with Gasteiger partial charge in [0.25, 0.3) is 0 Å². The lowest BCUT2D eigenvalue weighted by molar-refractivity contribution is 0.262. The van der Waals surface area contributed by atoms with E-state index in [0.29, 0.717) is 5.69 Å². The molecule has 0 aliphatic rings. The molecule has 0 bridgehead atoms. The number of carbonyl (C=O) groups excluding carboxylic acids is 1. The zero-order chi connectivity index (χ0) is 12.8. The minimum atomic E-state index is -0.291. The Bertz CT molecular complexity index is 510. The molecule has 1 aromatic heterocycles. The van der Waals surface area contributed by atoms with E-state index >= 15 is 0 Å². The fraction of sp³-hybridized carbons (Fsp3) is 0.0769. The Balaban J connectivity index is 1.94. The molecule has 1 heterocycles. The van der Waals surface area contributed by atoms with Gasteiger partial charge in [0, 0.05) is 24.6 Å². The van der Waals surface area contributed by atoms with Crippen molar-refractivity contribution >= 4 is 23.1 Å². The average Bonchev–Trinajstić information content (AvgIpc) is 2.40. The maximum absolute atomic E-state index is 11.7. The topological polar surface area (TPSA) is 66.0 Å². The first-order valence-electron chi connectivity index (χ1n) is 5.54. The first-order valence-corrected chi connectivity index (χ1v) is 5.54. The van der Waals surface area contributed by atoms with E-state index in [-0.39, 0.29) is 6.03 Å². The minimum Gasteiger partial charge on any atom is -0.388 e. The van der Waals surface area contributed by atoms with Crippen molar-refractivity contribution in [1.29, 1.82) is 0 Å². The van der Waals surface area contributed by atoms with E-state index < -0.39 is 0 Å². The summed E-state index contributed by atoms with van der Waals surface area (Å²) in [6.07, 6.45) is 3.24. The summed E-state index contributed by atoms with van der Waals surface area (Å²) in [5, 5.41) is 8.44. The van der Waals surface area contributed by atoms with Gasteiger partial charge in [-0.15, -0.1) is 0 Å². The summed E-state index contributed by atoms with van der Waals surface area (Å²) in [5.41, 5.74) is 2.38. The van der Waals surface area contributed by atoms with E-state index in [1.54, 1.807) is 24.5 Å². The highest BCUT2D eigenvalue weighted by Crippen LogP contribution is 2.13. The lowest BCUT2D eigenvalue weighted by atomic mass is 10.3. The van der Waals surface area contributed by atoms with E-state index in [1.165, 1.54) is 0 Å². The molecule has 1 aromatic carbocycles. The smallest absolute Gasteiger partial charge is 0.323 e. The number of pyridine rings is 1. The van der Waals surface area contributed by atoms with E-state index in [2.05, 4.69) is 20.9 Å². The number of hydrogen-bond donors (Lipinski definition) is 3. The number of carbonyl (C=O) groups is 1. The Labute approximate surface area is 105 Å². The monoisotopic (exact) mass is 242 g/mol. The van der Waals surface area contributed by atoms with Crippen molar-refractivity contribution in [3.63, 3.8) is 0 Å². The molecular formula is C13H14N4O. The van der Waals surface area contributed by atoms with Gasteiger partial charge in [0.15, 0.2) is 0 Å². The quantitative estimate of drug-likeness (QED) is 0.775. The van der Waals surface area contributed by atoms with Crippen LogP contribution < -0.4 is 16.0 Å². The number of urea groups is 1. The van der Waals surface area contributed by atoms with Crippen molar-refractivity contribution in [3.05, 3.63) is 48.8 Å². The van der Waals surface area contributed by atoms with Crippen LogP contribution in [0.25, 0.3) is 0 Å². The number of nitrogens with one attached hydrogen (secondary N) is 3. The molecule has 0 saturated heterocycles. The molecule has 0 fully saturated rings. The van der Waals surface area contributed by atoms with Crippen molar-refractivity contribution < 1.29 is 4.79 Å². The van der Waals surface area contributed by atoms with Crippen LogP contribution in [0.4, 0.5) is 21.9 Å². The normalized spacial score (nSPS) is 9.61. The third kappa shape index (κ3) is 3.21. The summed E-state index contributed by atoms with van der Waals surface area (Å²) in [6, 6.07) is 10.7. The molecule has 0 atom stereocenters. The highest BCUT2D eigenvalue weighted by molar-refractivity contribution is 5.99. The van der Waals surface area contributed by atoms with E-state index in [0.717, 1.165) is 11.4 Å². The van der Waals surface area contributed by atoms with Gasteiger partial charge in [-0.25, -0.2) is 4.79 Å². The average molecular weight is 242 g/mol. The summed E-state index contributed by atoms with van der Waals surface area (Å²) in [5.74, 6) is 0. The molecule has 2 rings (SSSR count). The van der Waals surface area contributed by atoms with Gasteiger partial charge in [0.2, 0.25) is 0 Å². The summed E-state index contributed by atoms with van der Waals surface area (Å²) in [7, 11) is 1.84. The van der Waals surface area contributed by atoms with E-state index in [1.807, 2.05) is 31.3 Å². The zero-order valence-electron chi connectivity index (χ0n) is 9.97. The van der Waals surface area contributed by atoms with Gasteiger partial charge in [-0.3, -0.25) is 4.98 Å².